The van der Waals surface area contributed by atoms with Gasteiger partial charge in [0.2, 0.25) is 0 Å². The Balaban J connectivity index is 2.50. The summed E-state index contributed by atoms with van der Waals surface area (Å²) in [6, 6.07) is 2.67. The first kappa shape index (κ1) is 14.7. The van der Waals surface area contributed by atoms with Crippen LogP contribution in [-0.2, 0) is 0 Å². The third-order valence-electron chi connectivity index (χ3n) is 2.86. The van der Waals surface area contributed by atoms with Crippen LogP contribution in [0.1, 0.15) is 17.2 Å². The van der Waals surface area contributed by atoms with Gasteiger partial charge in [-0.05, 0) is 18.4 Å². The summed E-state index contributed by atoms with van der Waals surface area (Å²) >= 11 is 1.37. The number of nitrogens with one attached hydrogen (secondary N) is 1. The molecule has 0 aliphatic heterocycles. The van der Waals surface area contributed by atoms with Gasteiger partial charge in [0.25, 0.3) is 0 Å². The lowest BCUT2D eigenvalue weighted by Gasteiger charge is -2.17. The number of nitrogens with zero attached hydrogens (tertiary/aromatic N) is 2. The van der Waals surface area contributed by atoms with Gasteiger partial charge in [0.05, 0.1) is 6.04 Å². The highest BCUT2D eigenvalue weighted by Gasteiger charge is 2.21. The van der Waals surface area contributed by atoms with Crippen molar-refractivity contribution in [2.24, 2.45) is 5.73 Å². The van der Waals surface area contributed by atoms with E-state index in [2.05, 4.69) is 15.3 Å². The van der Waals surface area contributed by atoms with Crippen molar-refractivity contribution >= 4 is 17.6 Å². The van der Waals surface area contributed by atoms with Crippen molar-refractivity contribution in [1.29, 1.82) is 0 Å². The number of thioether (sulfide) groups is 1. The summed E-state index contributed by atoms with van der Waals surface area (Å²) in [6.07, 6.45) is 3.33. The third-order valence-corrected chi connectivity index (χ3v) is 3.42. The van der Waals surface area contributed by atoms with Gasteiger partial charge in [0, 0.05) is 24.4 Å². The van der Waals surface area contributed by atoms with Gasteiger partial charge in [0.1, 0.15) is 17.5 Å². The Hall–Kier alpha value is -1.73. The molecule has 0 spiro atoms. The molecule has 1 heterocycles. The molecule has 0 amide bonds. The second-order valence-corrected chi connectivity index (χ2v) is 4.80. The molecule has 0 saturated carbocycles. The van der Waals surface area contributed by atoms with E-state index < -0.39 is 17.7 Å². The molecule has 0 aliphatic carbocycles. The number of anilines is 1. The molecule has 0 radical (unpaired) electrons. The SMILES string of the molecule is CNc1nc(SC)ncc1C(N)c1c(F)cccc1F. The highest BCUT2D eigenvalue weighted by molar-refractivity contribution is 7.98. The molecule has 7 heteroatoms. The summed E-state index contributed by atoms with van der Waals surface area (Å²) in [5, 5.41) is 3.43. The van der Waals surface area contributed by atoms with Gasteiger partial charge in [-0.2, -0.15) is 0 Å². The van der Waals surface area contributed by atoms with Crippen molar-refractivity contribution in [1.82, 2.24) is 9.97 Å². The molecule has 20 heavy (non-hydrogen) atoms. The number of hydrogen-bond acceptors (Lipinski definition) is 5. The van der Waals surface area contributed by atoms with Gasteiger partial charge in [-0.3, -0.25) is 0 Å². The number of aromatic nitrogens is 2. The minimum atomic E-state index is -0.977. The van der Waals surface area contributed by atoms with Crippen molar-refractivity contribution in [2.45, 2.75) is 11.2 Å². The van der Waals surface area contributed by atoms with E-state index in [1.54, 1.807) is 7.05 Å². The minimum absolute atomic E-state index is 0.190. The Bertz CT molecular complexity index is 601. The summed E-state index contributed by atoms with van der Waals surface area (Å²) in [5.41, 5.74) is 6.23. The molecule has 1 aromatic carbocycles. The van der Waals surface area contributed by atoms with Crippen LogP contribution < -0.4 is 11.1 Å². The van der Waals surface area contributed by atoms with Gasteiger partial charge >= 0.3 is 0 Å². The number of halogens is 2. The molecule has 0 bridgehead atoms. The maximum absolute atomic E-state index is 13.8. The summed E-state index contributed by atoms with van der Waals surface area (Å²) in [6.45, 7) is 0. The zero-order valence-corrected chi connectivity index (χ0v) is 11.8. The second-order valence-electron chi connectivity index (χ2n) is 4.02. The lowest BCUT2D eigenvalue weighted by Crippen LogP contribution is -2.18. The number of nitrogens with two attached hydrogens (primary N) is 1. The Kier molecular flexibility index (Phi) is 4.51. The summed E-state index contributed by atoms with van der Waals surface area (Å²) < 4.78 is 27.6. The molecular weight excluding hydrogens is 282 g/mol. The predicted octanol–water partition coefficient (Wildman–Crippen LogP) is 2.57. The van der Waals surface area contributed by atoms with Crippen LogP contribution in [0.2, 0.25) is 0 Å². The molecule has 2 aromatic rings. The molecule has 3 N–H and O–H groups in total. The largest absolute Gasteiger partial charge is 0.373 e. The fourth-order valence-electron chi connectivity index (χ4n) is 1.86. The molecular formula is C13H14F2N4S. The first-order chi connectivity index (χ1) is 9.58. The van der Waals surface area contributed by atoms with E-state index >= 15 is 0 Å². The van der Waals surface area contributed by atoms with Crippen molar-refractivity contribution in [2.75, 3.05) is 18.6 Å². The molecule has 0 fully saturated rings. The first-order valence-electron chi connectivity index (χ1n) is 5.86. The van der Waals surface area contributed by atoms with Gasteiger partial charge < -0.3 is 11.1 Å². The van der Waals surface area contributed by atoms with E-state index in [4.69, 9.17) is 5.73 Å². The average Bonchev–Trinajstić information content (AvgIpc) is 2.46. The van der Waals surface area contributed by atoms with E-state index in [1.165, 1.54) is 36.2 Å². The second kappa shape index (κ2) is 6.15. The molecule has 0 aliphatic rings. The molecule has 4 nitrogen and oxygen atoms in total. The quantitative estimate of drug-likeness (QED) is 0.670. The van der Waals surface area contributed by atoms with Gasteiger partial charge in [0.15, 0.2) is 5.16 Å². The predicted molar refractivity (Wildman–Crippen MR) is 75.7 cm³/mol. The number of hydrogen-bond donors (Lipinski definition) is 2. The fourth-order valence-corrected chi connectivity index (χ4v) is 2.21. The zero-order chi connectivity index (χ0) is 14.7. The Labute approximate surface area is 119 Å². The van der Waals surface area contributed by atoms with Crippen molar-refractivity contribution < 1.29 is 8.78 Å². The van der Waals surface area contributed by atoms with E-state index in [1.807, 2.05) is 6.26 Å². The van der Waals surface area contributed by atoms with E-state index in [0.29, 0.717) is 16.5 Å². The monoisotopic (exact) mass is 296 g/mol. The smallest absolute Gasteiger partial charge is 0.189 e. The standard InChI is InChI=1S/C13H14F2N4S/c1-17-12-7(6-18-13(19-12)20-2)11(16)10-8(14)4-3-5-9(10)15/h3-6,11H,16H2,1-2H3,(H,17,18,19). The zero-order valence-electron chi connectivity index (χ0n) is 11.0. The molecule has 1 aromatic heterocycles. The normalized spacial score (nSPS) is 12.2. The average molecular weight is 296 g/mol. The lowest BCUT2D eigenvalue weighted by atomic mass is 10.00. The summed E-state index contributed by atoms with van der Waals surface area (Å²) in [5.74, 6) is -0.915. The Morgan fingerprint density at radius 1 is 1.30 bits per heavy atom. The Morgan fingerprint density at radius 2 is 1.95 bits per heavy atom. The number of rotatable bonds is 4. The summed E-state index contributed by atoms with van der Waals surface area (Å²) in [7, 11) is 1.67. The molecule has 0 saturated heterocycles. The molecule has 2 rings (SSSR count). The van der Waals surface area contributed by atoms with E-state index in [-0.39, 0.29) is 5.56 Å². The Morgan fingerprint density at radius 3 is 2.50 bits per heavy atom. The highest BCUT2D eigenvalue weighted by Crippen LogP contribution is 2.29. The van der Waals surface area contributed by atoms with E-state index in [0.717, 1.165) is 0 Å². The first-order valence-corrected chi connectivity index (χ1v) is 7.09. The topological polar surface area (TPSA) is 63.8 Å². The van der Waals surface area contributed by atoms with Crippen LogP contribution in [0.25, 0.3) is 0 Å². The van der Waals surface area contributed by atoms with Crippen LogP contribution in [0.4, 0.5) is 14.6 Å². The maximum Gasteiger partial charge on any atom is 0.189 e. The van der Waals surface area contributed by atoms with Crippen molar-refractivity contribution in [3.63, 3.8) is 0 Å². The van der Waals surface area contributed by atoms with Gasteiger partial charge in [-0.15, -0.1) is 0 Å². The minimum Gasteiger partial charge on any atom is -0.373 e. The fraction of sp³-hybridized carbons (Fsp3) is 0.231. The van der Waals surface area contributed by atoms with Crippen molar-refractivity contribution in [3.8, 4) is 0 Å². The maximum atomic E-state index is 13.8. The van der Waals surface area contributed by atoms with Crippen LogP contribution in [0, 0.1) is 11.6 Å². The molecule has 1 atom stereocenters. The van der Waals surface area contributed by atoms with Crippen LogP contribution in [0.15, 0.2) is 29.6 Å². The molecule has 1 unspecified atom stereocenters. The van der Waals surface area contributed by atoms with Crippen molar-refractivity contribution in [3.05, 3.63) is 47.2 Å². The molecule has 106 valence electrons. The highest BCUT2D eigenvalue weighted by atomic mass is 32.2. The summed E-state index contributed by atoms with van der Waals surface area (Å²) in [4.78, 5) is 8.33. The van der Waals surface area contributed by atoms with Crippen LogP contribution >= 0.6 is 11.8 Å². The third kappa shape index (κ3) is 2.73. The number of benzene rings is 1. The van der Waals surface area contributed by atoms with Crippen LogP contribution in [0.3, 0.4) is 0 Å². The van der Waals surface area contributed by atoms with E-state index in [9.17, 15) is 8.78 Å². The lowest BCUT2D eigenvalue weighted by molar-refractivity contribution is 0.543. The van der Waals surface area contributed by atoms with Crippen LogP contribution in [-0.4, -0.2) is 23.3 Å². The van der Waals surface area contributed by atoms with Crippen LogP contribution in [0.5, 0.6) is 0 Å². The van der Waals surface area contributed by atoms with Gasteiger partial charge in [-0.1, -0.05) is 17.8 Å². The van der Waals surface area contributed by atoms with Gasteiger partial charge in [-0.25, -0.2) is 18.7 Å².